The maximum absolute atomic E-state index is 14.2. The topological polar surface area (TPSA) is 107 Å². The third-order valence-electron chi connectivity index (χ3n) is 7.68. The monoisotopic (exact) mass is 636 g/mol. The van der Waals surface area contributed by atoms with Crippen LogP contribution in [0, 0.1) is 23.6 Å². The van der Waals surface area contributed by atoms with Crippen LogP contribution in [0.15, 0.2) is 30.7 Å². The number of aliphatic hydroxyl groups is 1. The van der Waals surface area contributed by atoms with Crippen LogP contribution in [0.25, 0.3) is 27.9 Å². The summed E-state index contributed by atoms with van der Waals surface area (Å²) in [5.41, 5.74) is 2.65. The zero-order valence-electron chi connectivity index (χ0n) is 20.1. The van der Waals surface area contributed by atoms with E-state index < -0.39 is 5.82 Å². The van der Waals surface area contributed by atoms with E-state index in [1.807, 2.05) is 23.2 Å². The van der Waals surface area contributed by atoms with E-state index in [2.05, 4.69) is 31.5 Å². The summed E-state index contributed by atoms with van der Waals surface area (Å²) in [7, 11) is 1.42. The summed E-state index contributed by atoms with van der Waals surface area (Å²) in [5.74, 6) is 0.744. The van der Waals surface area contributed by atoms with Gasteiger partial charge in [-0.1, -0.05) is 0 Å². The highest BCUT2D eigenvalue weighted by Crippen LogP contribution is 2.47. The number of carbonyl (C=O) groups is 1. The second-order valence-electron chi connectivity index (χ2n) is 9.71. The molecule has 3 aliphatic rings. The van der Waals surface area contributed by atoms with Crippen LogP contribution in [-0.2, 0) is 16.1 Å². The predicted octanol–water partition coefficient (Wildman–Crippen LogP) is 5.00. The molecule has 7 rings (SSSR count). The standard InChI is InChI=1S/C25H26FIN6O3S/c1-2-36-25(35)20-14-3-5-15(6-4-14)21(20)29-23-19-7-13(12-34)10-32(19)31-22(30-23)18-11-33(37-27)24-17(18)8-16(26)9-28-24/h7-11,14-15,20-21,34H,2-6,12H2,1H3,(H,29,30,31)/t14?,15?,20-,21-/m0/s1. The van der Waals surface area contributed by atoms with Crippen molar-refractivity contribution in [1.29, 1.82) is 0 Å². The Morgan fingerprint density at radius 2 is 2.05 bits per heavy atom. The molecular formula is C25H26FIN6O3S. The molecule has 0 unspecified atom stereocenters. The number of hydrogen-bond acceptors (Lipinski definition) is 8. The van der Waals surface area contributed by atoms with Crippen molar-refractivity contribution < 1.29 is 19.0 Å². The number of hydrogen-bond donors (Lipinski definition) is 2. The van der Waals surface area contributed by atoms with Gasteiger partial charge >= 0.3 is 5.97 Å². The number of rotatable bonds is 7. The van der Waals surface area contributed by atoms with Crippen LogP contribution < -0.4 is 5.32 Å². The van der Waals surface area contributed by atoms with E-state index >= 15 is 0 Å². The fraction of sp³-hybridized carbons (Fsp3) is 0.440. The van der Waals surface area contributed by atoms with Crippen LogP contribution in [0.5, 0.6) is 0 Å². The van der Waals surface area contributed by atoms with Gasteiger partial charge < -0.3 is 15.2 Å². The van der Waals surface area contributed by atoms with Crippen LogP contribution in [-0.4, -0.2) is 47.3 Å². The van der Waals surface area contributed by atoms with Crippen LogP contribution in [0.2, 0.25) is 0 Å². The Morgan fingerprint density at radius 1 is 1.27 bits per heavy atom. The normalized spacial score (nSPS) is 23.1. The molecule has 0 aliphatic heterocycles. The van der Waals surface area contributed by atoms with E-state index in [0.29, 0.717) is 51.8 Å². The number of pyridine rings is 1. The molecule has 9 nitrogen and oxygen atoms in total. The van der Waals surface area contributed by atoms with Crippen LogP contribution in [0.4, 0.5) is 10.2 Å². The summed E-state index contributed by atoms with van der Waals surface area (Å²) in [6.07, 6.45) is 8.97. The van der Waals surface area contributed by atoms with E-state index in [0.717, 1.165) is 25.7 Å². The molecular weight excluding hydrogens is 610 g/mol. The second-order valence-corrected chi connectivity index (χ2v) is 11.4. The lowest BCUT2D eigenvalue weighted by molar-refractivity contribution is -0.154. The summed E-state index contributed by atoms with van der Waals surface area (Å²) in [6, 6.07) is 3.17. The first-order valence-corrected chi connectivity index (χ1v) is 15.7. The van der Waals surface area contributed by atoms with E-state index in [9.17, 15) is 14.3 Å². The maximum Gasteiger partial charge on any atom is 0.311 e. The van der Waals surface area contributed by atoms with Gasteiger partial charge in [-0.15, -0.1) is 5.10 Å². The summed E-state index contributed by atoms with van der Waals surface area (Å²) < 4.78 is 23.2. The minimum atomic E-state index is -0.441. The van der Waals surface area contributed by atoms with Crippen molar-refractivity contribution in [2.75, 3.05) is 11.9 Å². The number of halogens is 2. The highest BCUT2D eigenvalue weighted by Gasteiger charge is 2.48. The van der Waals surface area contributed by atoms with Crippen molar-refractivity contribution in [3.05, 3.63) is 42.1 Å². The smallest absolute Gasteiger partial charge is 0.311 e. The van der Waals surface area contributed by atoms with Crippen molar-refractivity contribution in [2.45, 2.75) is 45.3 Å². The van der Waals surface area contributed by atoms with Gasteiger partial charge in [-0.25, -0.2) is 18.9 Å². The number of nitrogens with zero attached hydrogens (tertiary/aromatic N) is 5. The lowest BCUT2D eigenvalue weighted by Crippen LogP contribution is -2.52. The van der Waals surface area contributed by atoms with E-state index in [1.165, 1.54) is 21.4 Å². The summed E-state index contributed by atoms with van der Waals surface area (Å²) in [6.45, 7) is 2.04. The number of anilines is 1. The van der Waals surface area contributed by atoms with Crippen molar-refractivity contribution in [2.24, 2.45) is 17.8 Å². The van der Waals surface area contributed by atoms with Crippen molar-refractivity contribution >= 4 is 58.7 Å². The van der Waals surface area contributed by atoms with Gasteiger partial charge in [0.1, 0.15) is 11.3 Å². The number of fused-ring (bicyclic) bond motifs is 5. The number of esters is 1. The quantitative estimate of drug-likeness (QED) is 0.216. The molecule has 0 radical (unpaired) electrons. The number of aliphatic hydroxyl groups excluding tert-OH is 1. The summed E-state index contributed by atoms with van der Waals surface area (Å²) >= 11 is 2.15. The van der Waals surface area contributed by atoms with Gasteiger partial charge in [-0.05, 0) is 62.1 Å². The van der Waals surface area contributed by atoms with E-state index in [-0.39, 0.29) is 30.5 Å². The van der Waals surface area contributed by atoms with Crippen molar-refractivity contribution in [3.63, 3.8) is 0 Å². The van der Waals surface area contributed by atoms with Gasteiger partial charge in [0, 0.05) is 59.7 Å². The van der Waals surface area contributed by atoms with Crippen molar-refractivity contribution in [1.82, 2.24) is 23.6 Å². The molecule has 0 amide bonds. The van der Waals surface area contributed by atoms with Gasteiger partial charge in [0.15, 0.2) is 17.3 Å². The largest absolute Gasteiger partial charge is 0.466 e. The van der Waals surface area contributed by atoms with Crippen LogP contribution in [0.3, 0.4) is 0 Å². The summed E-state index contributed by atoms with van der Waals surface area (Å²) in [5, 5.41) is 18.7. The lowest BCUT2D eigenvalue weighted by Gasteiger charge is -2.47. The number of aromatic nitrogens is 5. The zero-order chi connectivity index (χ0) is 25.7. The molecule has 3 saturated carbocycles. The Morgan fingerprint density at radius 3 is 2.78 bits per heavy atom. The Balaban J connectivity index is 1.48. The first kappa shape index (κ1) is 24.9. The lowest BCUT2D eigenvalue weighted by atomic mass is 9.61. The molecule has 0 aromatic carbocycles. The third-order valence-corrected chi connectivity index (χ3v) is 9.38. The number of ether oxygens (including phenoxy) is 1. The highest BCUT2D eigenvalue weighted by molar-refractivity contribution is 14.2. The Bertz CT molecular complexity index is 1480. The Kier molecular flexibility index (Phi) is 6.74. The Labute approximate surface area is 228 Å². The molecule has 0 saturated heterocycles. The summed E-state index contributed by atoms with van der Waals surface area (Å²) in [4.78, 5) is 22.2. The fourth-order valence-corrected chi connectivity index (χ4v) is 7.29. The minimum absolute atomic E-state index is 0.115. The molecule has 4 heterocycles. The van der Waals surface area contributed by atoms with Crippen LogP contribution >= 0.6 is 30.3 Å². The molecule has 4 aromatic rings. The molecule has 2 bridgehead atoms. The van der Waals surface area contributed by atoms with Gasteiger partial charge in [0.2, 0.25) is 0 Å². The molecule has 0 spiro atoms. The van der Waals surface area contributed by atoms with Crippen LogP contribution in [0.1, 0.15) is 38.2 Å². The van der Waals surface area contributed by atoms with Gasteiger partial charge in [-0.3, -0.25) is 8.77 Å². The molecule has 2 N–H and O–H groups in total. The zero-order valence-corrected chi connectivity index (χ0v) is 23.1. The fourth-order valence-electron chi connectivity index (χ4n) is 6.04. The minimum Gasteiger partial charge on any atom is -0.466 e. The van der Waals surface area contributed by atoms with E-state index in [4.69, 9.17) is 14.8 Å². The van der Waals surface area contributed by atoms with Gasteiger partial charge in [-0.2, -0.15) is 0 Å². The second kappa shape index (κ2) is 10.0. The average molecular weight is 636 g/mol. The van der Waals surface area contributed by atoms with Crippen molar-refractivity contribution in [3.8, 4) is 11.4 Å². The van der Waals surface area contributed by atoms with Gasteiger partial charge in [0.25, 0.3) is 0 Å². The average Bonchev–Trinajstić information content (AvgIpc) is 3.50. The molecule has 194 valence electrons. The first-order chi connectivity index (χ1) is 18.0. The number of nitrogens with one attached hydrogen (secondary N) is 1. The third kappa shape index (κ3) is 4.36. The number of carbonyl (C=O) groups excluding carboxylic acids is 1. The molecule has 3 fully saturated rings. The predicted molar refractivity (Wildman–Crippen MR) is 148 cm³/mol. The first-order valence-electron chi connectivity index (χ1n) is 12.4. The SMILES string of the molecule is CCOC(=O)[C@H]1C2CCC(CC2)[C@@H]1Nc1nc(-c2cn(SI)c3ncc(F)cc23)nn2cc(CO)cc12. The maximum atomic E-state index is 14.2. The Hall–Kier alpha value is -2.45. The molecule has 2 atom stereocenters. The molecule has 37 heavy (non-hydrogen) atoms. The van der Waals surface area contributed by atoms with Gasteiger partial charge in [0.05, 0.1) is 25.3 Å². The molecule has 3 aliphatic carbocycles. The molecule has 4 aromatic heterocycles. The highest BCUT2D eigenvalue weighted by atomic mass is 127. The van der Waals surface area contributed by atoms with E-state index in [1.54, 1.807) is 10.7 Å². The molecule has 12 heteroatoms.